The zero-order chi connectivity index (χ0) is 21.6. The van der Waals surface area contributed by atoms with Crippen LogP contribution in [0.2, 0.25) is 0 Å². The normalized spacial score (nSPS) is 11.9. The van der Waals surface area contributed by atoms with Crippen molar-refractivity contribution >= 4 is 21.6 Å². The van der Waals surface area contributed by atoms with Gasteiger partial charge in [0.15, 0.2) is 0 Å². The van der Waals surface area contributed by atoms with Gasteiger partial charge in [-0.3, -0.25) is 9.10 Å². The van der Waals surface area contributed by atoms with Crippen molar-refractivity contribution in [3.8, 4) is 0 Å². The molecule has 0 aliphatic heterocycles. The molecule has 2 N–H and O–H groups in total. The minimum atomic E-state index is -3.68. The summed E-state index contributed by atoms with van der Waals surface area (Å²) in [5.74, 6) is -0.197. The van der Waals surface area contributed by atoms with Crippen LogP contribution in [0, 0.1) is 0 Å². The number of carbonyl (C=O) groups is 1. The smallest absolute Gasteiger partial charge is 0.264 e. The first kappa shape index (κ1) is 22.9. The van der Waals surface area contributed by atoms with Crippen LogP contribution in [0.25, 0.3) is 0 Å². The lowest BCUT2D eigenvalue weighted by molar-refractivity contribution is -0.941. The Hall–Kier alpha value is -2.38. The van der Waals surface area contributed by atoms with E-state index in [9.17, 15) is 13.2 Å². The maximum Gasteiger partial charge on any atom is 0.264 e. The van der Waals surface area contributed by atoms with E-state index in [0.29, 0.717) is 29.9 Å². The first-order chi connectivity index (χ1) is 13.6. The Labute approximate surface area is 174 Å². The molecule has 0 bridgehead atoms. The van der Waals surface area contributed by atoms with E-state index in [0.717, 1.165) is 6.54 Å². The zero-order valence-corrected chi connectivity index (χ0v) is 18.7. The van der Waals surface area contributed by atoms with Gasteiger partial charge in [0.2, 0.25) is 0 Å². The van der Waals surface area contributed by atoms with Gasteiger partial charge in [-0.25, -0.2) is 8.42 Å². The highest BCUT2D eigenvalue weighted by Gasteiger charge is 2.22. The molecule has 0 spiro atoms. The third kappa shape index (κ3) is 5.81. The van der Waals surface area contributed by atoms with Crippen molar-refractivity contribution in [2.45, 2.75) is 44.7 Å². The van der Waals surface area contributed by atoms with Gasteiger partial charge >= 0.3 is 0 Å². The average molecular weight is 419 g/mol. The van der Waals surface area contributed by atoms with E-state index in [1.54, 1.807) is 36.4 Å². The molecule has 0 aliphatic carbocycles. The Kier molecular flexibility index (Phi) is 7.81. The second kappa shape index (κ2) is 9.89. The highest BCUT2D eigenvalue weighted by atomic mass is 32.2. The summed E-state index contributed by atoms with van der Waals surface area (Å²) in [5.41, 5.74) is 1.03. The highest BCUT2D eigenvalue weighted by Crippen LogP contribution is 2.21. The second-order valence-electron chi connectivity index (χ2n) is 7.72. The number of hydrogen-bond donors (Lipinski definition) is 2. The average Bonchev–Trinajstić information content (AvgIpc) is 2.70. The number of quaternary nitrogens is 1. The zero-order valence-electron chi connectivity index (χ0n) is 17.8. The third-order valence-electron chi connectivity index (χ3n) is 5.08. The van der Waals surface area contributed by atoms with Crippen LogP contribution in [0.3, 0.4) is 0 Å². The van der Waals surface area contributed by atoms with Gasteiger partial charge in [0, 0.05) is 12.6 Å². The first-order valence-corrected chi connectivity index (χ1v) is 11.4. The predicted molar refractivity (Wildman–Crippen MR) is 117 cm³/mol. The molecule has 0 atom stereocenters. The van der Waals surface area contributed by atoms with Gasteiger partial charge in [0.25, 0.3) is 15.9 Å². The van der Waals surface area contributed by atoms with E-state index >= 15 is 0 Å². The van der Waals surface area contributed by atoms with Crippen molar-refractivity contribution in [3.05, 3.63) is 60.2 Å². The third-order valence-corrected chi connectivity index (χ3v) is 6.88. The van der Waals surface area contributed by atoms with E-state index < -0.39 is 10.0 Å². The van der Waals surface area contributed by atoms with Gasteiger partial charge in [0.05, 0.1) is 35.8 Å². The van der Waals surface area contributed by atoms with Gasteiger partial charge < -0.3 is 10.2 Å². The highest BCUT2D eigenvalue weighted by molar-refractivity contribution is 7.92. The number of sulfonamides is 1. The first-order valence-electron chi connectivity index (χ1n) is 9.92. The van der Waals surface area contributed by atoms with Crippen molar-refractivity contribution < 1.29 is 18.1 Å². The molecule has 0 radical (unpaired) electrons. The van der Waals surface area contributed by atoms with Gasteiger partial charge in [-0.1, -0.05) is 18.2 Å². The summed E-state index contributed by atoms with van der Waals surface area (Å²) in [6.45, 7) is 10.1. The van der Waals surface area contributed by atoms with Crippen LogP contribution in [0.4, 0.5) is 5.69 Å². The van der Waals surface area contributed by atoms with Gasteiger partial charge in [-0.05, 0) is 64.1 Å². The summed E-state index contributed by atoms with van der Waals surface area (Å²) in [5, 5.41) is 2.93. The molecule has 0 saturated heterocycles. The molecule has 0 fully saturated rings. The minimum Gasteiger partial charge on any atom is -0.346 e. The number of benzene rings is 2. The molecular weight excluding hydrogens is 386 g/mol. The van der Waals surface area contributed by atoms with Crippen molar-refractivity contribution in [1.29, 1.82) is 0 Å². The molecule has 2 aromatic rings. The van der Waals surface area contributed by atoms with Crippen LogP contribution >= 0.6 is 0 Å². The fourth-order valence-electron chi connectivity index (χ4n) is 3.38. The lowest BCUT2D eigenvalue weighted by atomic mass is 10.2. The largest absolute Gasteiger partial charge is 0.346 e. The summed E-state index contributed by atoms with van der Waals surface area (Å²) in [6, 6.07) is 15.9. The molecule has 158 valence electrons. The molecule has 0 unspecified atom stereocenters. The van der Waals surface area contributed by atoms with E-state index in [2.05, 4.69) is 33.0 Å². The van der Waals surface area contributed by atoms with E-state index in [1.807, 2.05) is 6.07 Å². The van der Waals surface area contributed by atoms with Crippen LogP contribution in [-0.2, 0) is 10.0 Å². The predicted octanol–water partition coefficient (Wildman–Crippen LogP) is 1.94. The maximum atomic E-state index is 12.8. The molecule has 0 aromatic heterocycles. The number of para-hydroxylation sites is 1. The van der Waals surface area contributed by atoms with Crippen LogP contribution in [0.1, 0.15) is 38.1 Å². The Morgan fingerprint density at radius 3 is 2.03 bits per heavy atom. The topological polar surface area (TPSA) is 70.9 Å². The summed E-state index contributed by atoms with van der Waals surface area (Å²) < 4.78 is 26.9. The lowest BCUT2D eigenvalue weighted by Gasteiger charge is -2.27. The number of rotatable bonds is 9. The number of hydrogen-bond acceptors (Lipinski definition) is 3. The van der Waals surface area contributed by atoms with Crippen molar-refractivity contribution in [2.24, 2.45) is 0 Å². The minimum absolute atomic E-state index is 0.149. The molecule has 0 aliphatic rings. The molecule has 29 heavy (non-hydrogen) atoms. The fraction of sp³-hybridized carbons (Fsp3) is 0.409. The molecule has 7 heteroatoms. The fourth-order valence-corrected chi connectivity index (χ4v) is 4.58. The van der Waals surface area contributed by atoms with Crippen molar-refractivity contribution in [3.63, 3.8) is 0 Å². The maximum absolute atomic E-state index is 12.8. The number of nitrogens with one attached hydrogen (secondary N) is 2. The molecule has 0 saturated carbocycles. The Balaban J connectivity index is 2.03. The van der Waals surface area contributed by atoms with E-state index in [-0.39, 0.29) is 10.8 Å². The monoisotopic (exact) mass is 418 g/mol. The van der Waals surface area contributed by atoms with Crippen molar-refractivity contribution in [1.82, 2.24) is 5.32 Å². The lowest BCUT2D eigenvalue weighted by Crippen LogP contribution is -3.18. The SMILES string of the molecule is CC(C)[NH+](CCNC(=O)c1ccc(S(=O)(=O)N(C)c2ccccc2)cc1)C(C)C. The quantitative estimate of drug-likeness (QED) is 0.654. The molecule has 2 rings (SSSR count). The van der Waals surface area contributed by atoms with Crippen LogP contribution in [-0.4, -0.2) is 46.5 Å². The summed E-state index contributed by atoms with van der Waals surface area (Å²) in [6.07, 6.45) is 0. The van der Waals surface area contributed by atoms with Gasteiger partial charge in [0.1, 0.15) is 0 Å². The number of anilines is 1. The molecular formula is C22H32N3O3S+. The number of carbonyl (C=O) groups excluding carboxylic acids is 1. The summed E-state index contributed by atoms with van der Waals surface area (Å²) in [4.78, 5) is 14.0. The Morgan fingerprint density at radius 1 is 0.966 bits per heavy atom. The number of nitrogens with zero attached hydrogens (tertiary/aromatic N) is 1. The molecule has 1 amide bonds. The van der Waals surface area contributed by atoms with E-state index in [1.165, 1.54) is 28.4 Å². The number of amides is 1. The Morgan fingerprint density at radius 2 is 1.52 bits per heavy atom. The van der Waals surface area contributed by atoms with E-state index in [4.69, 9.17) is 0 Å². The standard InChI is InChI=1S/C22H31N3O3S/c1-17(2)25(18(3)4)16-15-23-22(26)19-11-13-21(14-12-19)29(27,28)24(5)20-9-7-6-8-10-20/h6-14,17-18H,15-16H2,1-5H3,(H,23,26)/p+1. The molecule has 2 aromatic carbocycles. The van der Waals surface area contributed by atoms with Gasteiger partial charge in [-0.15, -0.1) is 0 Å². The van der Waals surface area contributed by atoms with Crippen molar-refractivity contribution in [2.75, 3.05) is 24.4 Å². The van der Waals surface area contributed by atoms with Gasteiger partial charge in [-0.2, -0.15) is 0 Å². The van der Waals surface area contributed by atoms with Crippen LogP contribution in [0.15, 0.2) is 59.5 Å². The van der Waals surface area contributed by atoms with Crippen LogP contribution in [0.5, 0.6) is 0 Å². The summed E-state index contributed by atoms with van der Waals surface area (Å²) in [7, 11) is -2.17. The summed E-state index contributed by atoms with van der Waals surface area (Å²) >= 11 is 0. The Bertz CT molecular complexity index is 887. The molecule has 0 heterocycles. The second-order valence-corrected chi connectivity index (χ2v) is 9.69. The van der Waals surface area contributed by atoms with Crippen LogP contribution < -0.4 is 14.5 Å². The molecule has 6 nitrogen and oxygen atoms in total.